The molecule has 1 aromatic carbocycles. The molecule has 18 heavy (non-hydrogen) atoms. The van der Waals surface area contributed by atoms with Gasteiger partial charge in [0, 0.05) is 0 Å². The SMILES string of the molecule is Cc1c(CC(C)(C)C(=O)O)cc2c(c1C)OCO2. The highest BCUT2D eigenvalue weighted by molar-refractivity contribution is 5.74. The van der Waals surface area contributed by atoms with Crippen molar-refractivity contribution in [2.45, 2.75) is 34.1 Å². The molecule has 1 aliphatic heterocycles. The lowest BCUT2D eigenvalue weighted by Gasteiger charge is -2.21. The molecule has 4 heteroatoms. The number of carboxylic acid groups (broad SMARTS) is 1. The summed E-state index contributed by atoms with van der Waals surface area (Å²) in [6.45, 7) is 7.66. The van der Waals surface area contributed by atoms with Crippen molar-refractivity contribution in [1.29, 1.82) is 0 Å². The van der Waals surface area contributed by atoms with Gasteiger partial charge in [-0.2, -0.15) is 0 Å². The van der Waals surface area contributed by atoms with Gasteiger partial charge in [0.05, 0.1) is 5.41 Å². The minimum Gasteiger partial charge on any atom is -0.481 e. The average Bonchev–Trinajstić information content (AvgIpc) is 2.73. The van der Waals surface area contributed by atoms with Crippen LogP contribution in [0.5, 0.6) is 11.5 Å². The fraction of sp³-hybridized carbons (Fsp3) is 0.500. The van der Waals surface area contributed by atoms with Crippen LogP contribution in [-0.4, -0.2) is 17.9 Å². The molecule has 0 saturated carbocycles. The number of carbonyl (C=O) groups is 1. The Labute approximate surface area is 107 Å². The summed E-state index contributed by atoms with van der Waals surface area (Å²) in [6.07, 6.45) is 0.478. The third kappa shape index (κ3) is 2.03. The third-order valence-corrected chi connectivity index (χ3v) is 3.54. The van der Waals surface area contributed by atoms with Crippen LogP contribution in [0.2, 0.25) is 0 Å². The van der Waals surface area contributed by atoms with Crippen LogP contribution in [0.25, 0.3) is 0 Å². The number of fused-ring (bicyclic) bond motifs is 1. The molecule has 4 nitrogen and oxygen atoms in total. The molecule has 0 fully saturated rings. The summed E-state index contributed by atoms with van der Waals surface area (Å²) in [5.74, 6) is 0.705. The highest BCUT2D eigenvalue weighted by Gasteiger charge is 2.30. The van der Waals surface area contributed by atoms with Crippen molar-refractivity contribution in [3.63, 3.8) is 0 Å². The van der Waals surface area contributed by atoms with E-state index in [4.69, 9.17) is 9.47 Å². The number of aliphatic carboxylic acids is 1. The monoisotopic (exact) mass is 250 g/mol. The Balaban J connectivity index is 2.41. The van der Waals surface area contributed by atoms with Gasteiger partial charge in [-0.05, 0) is 56.9 Å². The van der Waals surface area contributed by atoms with Gasteiger partial charge in [0.15, 0.2) is 11.5 Å². The predicted molar refractivity (Wildman–Crippen MR) is 67.2 cm³/mol. The molecule has 2 rings (SSSR count). The van der Waals surface area contributed by atoms with Crippen LogP contribution >= 0.6 is 0 Å². The summed E-state index contributed by atoms with van der Waals surface area (Å²) < 4.78 is 10.8. The summed E-state index contributed by atoms with van der Waals surface area (Å²) in [4.78, 5) is 11.2. The first-order valence-electron chi connectivity index (χ1n) is 5.95. The predicted octanol–water partition coefficient (Wildman–Crippen LogP) is 2.69. The van der Waals surface area contributed by atoms with Gasteiger partial charge in [-0.15, -0.1) is 0 Å². The summed E-state index contributed by atoms with van der Waals surface area (Å²) in [7, 11) is 0. The van der Waals surface area contributed by atoms with E-state index in [9.17, 15) is 9.90 Å². The summed E-state index contributed by atoms with van der Waals surface area (Å²) in [5.41, 5.74) is 2.32. The number of carboxylic acids is 1. The fourth-order valence-corrected chi connectivity index (χ4v) is 2.10. The van der Waals surface area contributed by atoms with Crippen LogP contribution in [0.3, 0.4) is 0 Å². The van der Waals surface area contributed by atoms with Gasteiger partial charge in [-0.1, -0.05) is 0 Å². The number of hydrogen-bond donors (Lipinski definition) is 1. The zero-order valence-electron chi connectivity index (χ0n) is 11.2. The Morgan fingerprint density at radius 3 is 2.61 bits per heavy atom. The number of ether oxygens (including phenoxy) is 2. The summed E-state index contributed by atoms with van der Waals surface area (Å²) in [6, 6.07) is 1.90. The molecular formula is C14H18O4. The lowest BCUT2D eigenvalue weighted by molar-refractivity contribution is -0.146. The van der Waals surface area contributed by atoms with E-state index >= 15 is 0 Å². The molecule has 0 saturated heterocycles. The van der Waals surface area contributed by atoms with Crippen molar-refractivity contribution in [3.05, 3.63) is 22.8 Å². The zero-order valence-corrected chi connectivity index (χ0v) is 11.2. The van der Waals surface area contributed by atoms with E-state index in [-0.39, 0.29) is 6.79 Å². The Hall–Kier alpha value is -1.71. The summed E-state index contributed by atoms with van der Waals surface area (Å²) in [5, 5.41) is 9.20. The zero-order chi connectivity index (χ0) is 13.5. The van der Waals surface area contributed by atoms with E-state index in [1.165, 1.54) is 0 Å². The van der Waals surface area contributed by atoms with E-state index in [1.54, 1.807) is 13.8 Å². The lowest BCUT2D eigenvalue weighted by Crippen LogP contribution is -2.26. The van der Waals surface area contributed by atoms with Crippen LogP contribution in [0.1, 0.15) is 30.5 Å². The molecule has 0 unspecified atom stereocenters. The maximum absolute atomic E-state index is 11.2. The number of rotatable bonds is 3. The molecule has 1 aromatic rings. The van der Waals surface area contributed by atoms with Gasteiger partial charge in [-0.25, -0.2) is 0 Å². The van der Waals surface area contributed by atoms with Gasteiger partial charge < -0.3 is 14.6 Å². The molecule has 1 N–H and O–H groups in total. The fourth-order valence-electron chi connectivity index (χ4n) is 2.10. The topological polar surface area (TPSA) is 55.8 Å². The minimum atomic E-state index is -0.794. The van der Waals surface area contributed by atoms with Crippen molar-refractivity contribution in [3.8, 4) is 11.5 Å². The van der Waals surface area contributed by atoms with Crippen LogP contribution in [0.4, 0.5) is 0 Å². The van der Waals surface area contributed by atoms with E-state index in [2.05, 4.69) is 0 Å². The molecule has 0 spiro atoms. The second kappa shape index (κ2) is 4.19. The van der Waals surface area contributed by atoms with Crippen molar-refractivity contribution in [1.82, 2.24) is 0 Å². The van der Waals surface area contributed by atoms with Gasteiger partial charge in [0.2, 0.25) is 6.79 Å². The Kier molecular flexibility index (Phi) is 2.97. The second-order valence-corrected chi connectivity index (χ2v) is 5.39. The first-order chi connectivity index (χ1) is 8.33. The highest BCUT2D eigenvalue weighted by Crippen LogP contribution is 2.40. The summed E-state index contributed by atoms with van der Waals surface area (Å²) >= 11 is 0. The van der Waals surface area contributed by atoms with Crippen LogP contribution in [0, 0.1) is 19.3 Å². The van der Waals surface area contributed by atoms with E-state index in [0.29, 0.717) is 12.2 Å². The lowest BCUT2D eigenvalue weighted by atomic mass is 9.83. The standard InChI is InChI=1S/C14H18O4/c1-8-9(2)12-11(17-7-18-12)5-10(8)6-14(3,4)13(15)16/h5H,6-7H2,1-4H3,(H,15,16). The minimum absolute atomic E-state index is 0.237. The second-order valence-electron chi connectivity index (χ2n) is 5.39. The quantitative estimate of drug-likeness (QED) is 0.896. The molecule has 1 heterocycles. The Bertz CT molecular complexity index is 503. The Morgan fingerprint density at radius 2 is 2.00 bits per heavy atom. The molecule has 0 aromatic heterocycles. The normalized spacial score (nSPS) is 13.8. The molecule has 1 aliphatic rings. The first-order valence-corrected chi connectivity index (χ1v) is 5.95. The Morgan fingerprint density at radius 1 is 1.33 bits per heavy atom. The third-order valence-electron chi connectivity index (χ3n) is 3.54. The molecule has 0 atom stereocenters. The molecule has 0 bridgehead atoms. The van der Waals surface area contributed by atoms with Gasteiger partial charge in [0.25, 0.3) is 0 Å². The maximum Gasteiger partial charge on any atom is 0.309 e. The van der Waals surface area contributed by atoms with Crippen LogP contribution in [0.15, 0.2) is 6.07 Å². The largest absolute Gasteiger partial charge is 0.481 e. The van der Waals surface area contributed by atoms with Crippen molar-refractivity contribution in [2.75, 3.05) is 6.79 Å². The number of benzene rings is 1. The smallest absolute Gasteiger partial charge is 0.309 e. The van der Waals surface area contributed by atoms with Gasteiger partial charge in [0.1, 0.15) is 0 Å². The number of hydrogen-bond acceptors (Lipinski definition) is 3. The molecular weight excluding hydrogens is 232 g/mol. The highest BCUT2D eigenvalue weighted by atomic mass is 16.7. The van der Waals surface area contributed by atoms with Crippen molar-refractivity contribution < 1.29 is 19.4 Å². The van der Waals surface area contributed by atoms with Crippen LogP contribution in [-0.2, 0) is 11.2 Å². The first kappa shape index (κ1) is 12.7. The molecule has 0 aliphatic carbocycles. The molecule has 98 valence electrons. The van der Waals surface area contributed by atoms with E-state index in [1.807, 2.05) is 19.9 Å². The van der Waals surface area contributed by atoms with Gasteiger partial charge in [-0.3, -0.25) is 4.79 Å². The molecule has 0 amide bonds. The van der Waals surface area contributed by atoms with E-state index < -0.39 is 11.4 Å². The van der Waals surface area contributed by atoms with Crippen molar-refractivity contribution >= 4 is 5.97 Å². The van der Waals surface area contributed by atoms with E-state index in [0.717, 1.165) is 22.4 Å². The van der Waals surface area contributed by atoms with Crippen LogP contribution < -0.4 is 9.47 Å². The maximum atomic E-state index is 11.2. The average molecular weight is 250 g/mol. The van der Waals surface area contributed by atoms with Gasteiger partial charge >= 0.3 is 5.97 Å². The van der Waals surface area contributed by atoms with Crippen molar-refractivity contribution in [2.24, 2.45) is 5.41 Å². The molecule has 0 radical (unpaired) electrons.